The predicted octanol–water partition coefficient (Wildman–Crippen LogP) is 6.99. The molecule has 1 heterocycles. The van der Waals surface area contributed by atoms with Gasteiger partial charge in [0, 0.05) is 36.3 Å². The molecule has 1 aliphatic rings. The Morgan fingerprint density at radius 2 is 1.56 bits per heavy atom. The number of aliphatic hydroxyl groups excluding tert-OH is 1. The molecule has 1 saturated carbocycles. The smallest absolute Gasteiger partial charge is 0.254 e. The lowest BCUT2D eigenvalue weighted by molar-refractivity contribution is 0.0315. The summed E-state index contributed by atoms with van der Waals surface area (Å²) in [4.78, 5) is 21.5. The Labute approximate surface area is 232 Å². The van der Waals surface area contributed by atoms with Gasteiger partial charge in [0.1, 0.15) is 5.82 Å². The van der Waals surface area contributed by atoms with E-state index in [2.05, 4.69) is 67.9 Å². The number of aliphatic hydroxyl groups is 1. The maximum atomic E-state index is 14.3. The van der Waals surface area contributed by atoms with Crippen molar-refractivity contribution in [1.29, 1.82) is 0 Å². The number of benzene rings is 3. The van der Waals surface area contributed by atoms with Crippen molar-refractivity contribution in [2.24, 2.45) is 11.3 Å². The summed E-state index contributed by atoms with van der Waals surface area (Å²) in [5.41, 5.74) is 3.45. The molecule has 0 spiro atoms. The van der Waals surface area contributed by atoms with Crippen LogP contribution < -0.4 is 0 Å². The van der Waals surface area contributed by atoms with E-state index < -0.39 is 0 Å². The molecule has 0 unspecified atom stereocenters. The minimum atomic E-state index is -0.388. The van der Waals surface area contributed by atoms with Gasteiger partial charge in [-0.1, -0.05) is 106 Å². The summed E-state index contributed by atoms with van der Waals surface area (Å²) in [6, 6.07) is 29.8. The van der Waals surface area contributed by atoms with Gasteiger partial charge in [-0.2, -0.15) is 0 Å². The van der Waals surface area contributed by atoms with Crippen LogP contribution >= 0.6 is 0 Å². The van der Waals surface area contributed by atoms with Crippen LogP contribution in [0.1, 0.15) is 67.8 Å². The van der Waals surface area contributed by atoms with Crippen molar-refractivity contribution in [3.63, 3.8) is 0 Å². The van der Waals surface area contributed by atoms with E-state index in [1.54, 1.807) is 0 Å². The number of rotatable bonds is 8. The number of carbonyl (C=O) groups excluding carboxylic acids is 1. The molecule has 0 saturated heterocycles. The molecule has 39 heavy (non-hydrogen) atoms. The number of amides is 1. The molecule has 0 aliphatic heterocycles. The highest BCUT2D eigenvalue weighted by molar-refractivity contribution is 5.94. The summed E-state index contributed by atoms with van der Waals surface area (Å²) in [5.74, 6) is 0.890. The molecule has 3 atom stereocenters. The molecule has 3 aromatic carbocycles. The molecule has 1 fully saturated rings. The Morgan fingerprint density at radius 3 is 2.15 bits per heavy atom. The molecule has 1 amide bonds. The van der Waals surface area contributed by atoms with E-state index >= 15 is 0 Å². The van der Waals surface area contributed by atoms with Crippen LogP contribution in [0.4, 0.5) is 0 Å². The second-order valence-corrected chi connectivity index (χ2v) is 11.8. The molecule has 4 aromatic rings. The predicted molar refractivity (Wildman–Crippen MR) is 156 cm³/mol. The first-order valence-electron chi connectivity index (χ1n) is 14.0. The molecule has 5 heteroatoms. The minimum absolute atomic E-state index is 0.0230. The quantitative estimate of drug-likeness (QED) is 0.272. The Bertz CT molecular complexity index is 1360. The molecule has 0 bridgehead atoms. The average molecular weight is 522 g/mol. The van der Waals surface area contributed by atoms with E-state index in [4.69, 9.17) is 4.98 Å². The van der Waals surface area contributed by atoms with Crippen LogP contribution in [-0.4, -0.2) is 38.1 Å². The number of imidazole rings is 1. The number of hydrogen-bond donors (Lipinski definition) is 1. The topological polar surface area (TPSA) is 58.4 Å². The van der Waals surface area contributed by atoms with Crippen molar-refractivity contribution in [2.45, 2.75) is 58.7 Å². The van der Waals surface area contributed by atoms with Gasteiger partial charge in [0.2, 0.25) is 0 Å². The number of hydrogen-bond acceptors (Lipinski definition) is 3. The van der Waals surface area contributed by atoms with Gasteiger partial charge in [-0.05, 0) is 36.0 Å². The van der Waals surface area contributed by atoms with Crippen molar-refractivity contribution in [3.8, 4) is 11.3 Å². The molecular weight excluding hydrogens is 482 g/mol. The standard InChI is InChI=1S/C34H39N3O2/c1-34(2,3)31(37(23-28-20-13-21-30(28)38)33(39)27-18-11-6-12-19-27)32-35-29(26-16-9-5-10-17-26)24-36(32)22-25-14-7-4-8-15-25/h4-12,14-19,24,28,30-31,38H,13,20-23H2,1-3H3/t28-,30+,31+/m1/s1. The Balaban J connectivity index is 1.64. The summed E-state index contributed by atoms with van der Waals surface area (Å²) in [7, 11) is 0. The lowest BCUT2D eigenvalue weighted by Crippen LogP contribution is -2.45. The molecule has 1 aromatic heterocycles. The molecule has 1 N–H and O–H groups in total. The average Bonchev–Trinajstić information content (AvgIpc) is 3.54. The summed E-state index contributed by atoms with van der Waals surface area (Å²) in [6.45, 7) is 7.69. The van der Waals surface area contributed by atoms with Gasteiger partial charge in [0.05, 0.1) is 17.8 Å². The van der Waals surface area contributed by atoms with Crippen LogP contribution in [0.3, 0.4) is 0 Å². The number of carbonyl (C=O) groups is 1. The molecule has 1 aliphatic carbocycles. The van der Waals surface area contributed by atoms with Crippen molar-refractivity contribution >= 4 is 5.91 Å². The largest absolute Gasteiger partial charge is 0.393 e. The maximum absolute atomic E-state index is 14.3. The van der Waals surface area contributed by atoms with Gasteiger partial charge < -0.3 is 14.6 Å². The second kappa shape index (κ2) is 11.6. The van der Waals surface area contributed by atoms with Crippen LogP contribution in [0.25, 0.3) is 11.3 Å². The zero-order valence-corrected chi connectivity index (χ0v) is 23.2. The van der Waals surface area contributed by atoms with E-state index in [0.717, 1.165) is 36.3 Å². The molecule has 0 radical (unpaired) electrons. The van der Waals surface area contributed by atoms with E-state index in [1.165, 1.54) is 5.56 Å². The van der Waals surface area contributed by atoms with E-state index in [0.29, 0.717) is 18.7 Å². The summed E-state index contributed by atoms with van der Waals surface area (Å²) < 4.78 is 2.21. The minimum Gasteiger partial charge on any atom is -0.393 e. The zero-order valence-electron chi connectivity index (χ0n) is 23.2. The van der Waals surface area contributed by atoms with Gasteiger partial charge in [-0.3, -0.25) is 4.79 Å². The third kappa shape index (κ3) is 6.15. The summed E-state index contributed by atoms with van der Waals surface area (Å²) in [5, 5.41) is 10.8. The van der Waals surface area contributed by atoms with Crippen molar-refractivity contribution < 1.29 is 9.90 Å². The highest BCUT2D eigenvalue weighted by atomic mass is 16.3. The lowest BCUT2D eigenvalue weighted by atomic mass is 9.83. The van der Waals surface area contributed by atoms with Gasteiger partial charge in [-0.15, -0.1) is 0 Å². The second-order valence-electron chi connectivity index (χ2n) is 11.8. The van der Waals surface area contributed by atoms with Crippen LogP contribution in [0.5, 0.6) is 0 Å². The number of aromatic nitrogens is 2. The third-order valence-corrected chi connectivity index (χ3v) is 7.78. The first-order chi connectivity index (χ1) is 18.8. The highest BCUT2D eigenvalue weighted by Crippen LogP contribution is 2.41. The fraction of sp³-hybridized carbons (Fsp3) is 0.353. The zero-order chi connectivity index (χ0) is 27.4. The Morgan fingerprint density at radius 1 is 0.949 bits per heavy atom. The van der Waals surface area contributed by atoms with Crippen LogP contribution in [0, 0.1) is 11.3 Å². The van der Waals surface area contributed by atoms with Crippen molar-refractivity contribution in [2.75, 3.05) is 6.54 Å². The van der Waals surface area contributed by atoms with Gasteiger partial charge >= 0.3 is 0 Å². The van der Waals surface area contributed by atoms with Crippen LogP contribution in [0.2, 0.25) is 0 Å². The SMILES string of the molecule is CC(C)(C)[C@H](c1nc(-c2ccccc2)cn1Cc1ccccc1)N(C[C@H]1CCC[C@@H]1O)C(=O)c1ccccc1. The van der Waals surface area contributed by atoms with Gasteiger partial charge in [0.25, 0.3) is 5.91 Å². The van der Waals surface area contributed by atoms with E-state index in [1.807, 2.05) is 59.5 Å². The summed E-state index contributed by atoms with van der Waals surface area (Å²) >= 11 is 0. The molecule has 5 rings (SSSR count). The highest BCUT2D eigenvalue weighted by Gasteiger charge is 2.41. The fourth-order valence-corrected chi connectivity index (χ4v) is 5.83. The Hall–Kier alpha value is -3.70. The van der Waals surface area contributed by atoms with Crippen molar-refractivity contribution in [3.05, 3.63) is 114 Å². The first-order valence-corrected chi connectivity index (χ1v) is 14.0. The van der Waals surface area contributed by atoms with Gasteiger partial charge in [0.15, 0.2) is 0 Å². The Kier molecular flexibility index (Phi) is 7.99. The monoisotopic (exact) mass is 521 g/mol. The molecular formula is C34H39N3O2. The third-order valence-electron chi connectivity index (χ3n) is 7.78. The summed E-state index contributed by atoms with van der Waals surface area (Å²) in [6.07, 6.45) is 4.43. The first kappa shape index (κ1) is 26.9. The molecule has 5 nitrogen and oxygen atoms in total. The van der Waals surface area contributed by atoms with Crippen molar-refractivity contribution in [1.82, 2.24) is 14.5 Å². The van der Waals surface area contributed by atoms with Crippen LogP contribution in [0.15, 0.2) is 97.2 Å². The van der Waals surface area contributed by atoms with Crippen LogP contribution in [-0.2, 0) is 6.54 Å². The lowest BCUT2D eigenvalue weighted by Gasteiger charge is -2.41. The normalized spacial score (nSPS) is 18.2. The fourth-order valence-electron chi connectivity index (χ4n) is 5.83. The molecule has 202 valence electrons. The van der Waals surface area contributed by atoms with E-state index in [9.17, 15) is 9.90 Å². The number of nitrogens with zero attached hydrogens (tertiary/aromatic N) is 3. The van der Waals surface area contributed by atoms with Gasteiger partial charge in [-0.25, -0.2) is 4.98 Å². The maximum Gasteiger partial charge on any atom is 0.254 e. The van der Waals surface area contributed by atoms with E-state index in [-0.39, 0.29) is 29.4 Å².